The van der Waals surface area contributed by atoms with Gasteiger partial charge in [0.2, 0.25) is 0 Å². The normalized spacial score (nSPS) is 10.6. The molecule has 0 aliphatic carbocycles. The van der Waals surface area contributed by atoms with Gasteiger partial charge in [-0.2, -0.15) is 5.10 Å². The van der Waals surface area contributed by atoms with Crippen LogP contribution in [0.4, 0.5) is 10.1 Å². The summed E-state index contributed by atoms with van der Waals surface area (Å²) in [4.78, 5) is 23.9. The van der Waals surface area contributed by atoms with Crippen molar-refractivity contribution in [1.82, 2.24) is 5.43 Å². The topological polar surface area (TPSA) is 89.0 Å². The number of amides is 2. The second kappa shape index (κ2) is 11.6. The van der Waals surface area contributed by atoms with E-state index in [1.165, 1.54) is 18.3 Å². The van der Waals surface area contributed by atoms with Gasteiger partial charge in [0.15, 0.2) is 11.5 Å². The van der Waals surface area contributed by atoms with Crippen molar-refractivity contribution in [1.29, 1.82) is 0 Å². The predicted octanol–water partition coefficient (Wildman–Crippen LogP) is 4.55. The van der Waals surface area contributed by atoms with Crippen LogP contribution in [0.1, 0.15) is 18.1 Å². The van der Waals surface area contributed by atoms with E-state index in [0.717, 1.165) is 0 Å². The van der Waals surface area contributed by atoms with Crippen molar-refractivity contribution in [3.8, 4) is 11.5 Å². The lowest BCUT2D eigenvalue weighted by atomic mass is 10.2. The van der Waals surface area contributed by atoms with Crippen LogP contribution in [-0.4, -0.2) is 24.6 Å². The quantitative estimate of drug-likeness (QED) is 0.288. The Hall–Kier alpha value is -3.91. The number of halogens is 2. The first-order chi connectivity index (χ1) is 16.0. The molecular weight excluding hydrogens is 449 g/mol. The van der Waals surface area contributed by atoms with Gasteiger partial charge in [-0.3, -0.25) is 9.59 Å². The predicted molar refractivity (Wildman–Crippen MR) is 124 cm³/mol. The van der Waals surface area contributed by atoms with Crippen LogP contribution < -0.4 is 20.2 Å². The molecule has 0 aliphatic heterocycles. The highest BCUT2D eigenvalue weighted by molar-refractivity contribution is 6.39. The summed E-state index contributed by atoms with van der Waals surface area (Å²) in [6.07, 6.45) is 1.35. The Kier molecular flexibility index (Phi) is 8.37. The molecule has 0 aromatic heterocycles. The molecule has 0 fully saturated rings. The smallest absolute Gasteiger partial charge is 0.329 e. The standard InChI is InChI=1S/C24H21ClFN3O4/c1-2-32-22-12-16(10-11-21(22)33-15-17-6-3-4-9-20(17)26)14-27-29-24(31)23(30)28-19-8-5-7-18(25)13-19/h3-14H,2,15H2,1H3,(H,28,30)(H,29,31)/b27-14+. The van der Waals surface area contributed by atoms with E-state index in [0.29, 0.717) is 39.9 Å². The third kappa shape index (κ3) is 7.05. The van der Waals surface area contributed by atoms with Gasteiger partial charge in [0, 0.05) is 16.3 Å². The third-order valence-corrected chi connectivity index (χ3v) is 4.51. The highest BCUT2D eigenvalue weighted by Gasteiger charge is 2.13. The lowest BCUT2D eigenvalue weighted by Gasteiger charge is -2.13. The van der Waals surface area contributed by atoms with Crippen LogP contribution in [-0.2, 0) is 16.2 Å². The number of hydrogen-bond donors (Lipinski definition) is 2. The average molecular weight is 470 g/mol. The zero-order valence-corrected chi connectivity index (χ0v) is 18.4. The van der Waals surface area contributed by atoms with Gasteiger partial charge in [0.1, 0.15) is 12.4 Å². The third-order valence-electron chi connectivity index (χ3n) is 4.28. The van der Waals surface area contributed by atoms with Crippen LogP contribution in [0.3, 0.4) is 0 Å². The summed E-state index contributed by atoms with van der Waals surface area (Å²) in [7, 11) is 0. The zero-order valence-electron chi connectivity index (χ0n) is 17.7. The van der Waals surface area contributed by atoms with Gasteiger partial charge >= 0.3 is 11.8 Å². The zero-order chi connectivity index (χ0) is 23.6. The van der Waals surface area contributed by atoms with E-state index in [1.807, 2.05) is 6.92 Å². The van der Waals surface area contributed by atoms with Crippen molar-refractivity contribution in [2.75, 3.05) is 11.9 Å². The second-order valence-electron chi connectivity index (χ2n) is 6.68. The first-order valence-corrected chi connectivity index (χ1v) is 10.4. The van der Waals surface area contributed by atoms with Crippen molar-refractivity contribution >= 4 is 35.3 Å². The number of hydrogen-bond acceptors (Lipinski definition) is 5. The number of nitrogens with zero attached hydrogens (tertiary/aromatic N) is 1. The SMILES string of the molecule is CCOc1cc(/C=N/NC(=O)C(=O)Nc2cccc(Cl)c2)ccc1OCc1ccccc1F. The number of ether oxygens (including phenoxy) is 2. The number of carbonyl (C=O) groups is 2. The van der Waals surface area contributed by atoms with E-state index < -0.39 is 11.8 Å². The maximum absolute atomic E-state index is 13.8. The summed E-state index contributed by atoms with van der Waals surface area (Å²) in [5.41, 5.74) is 3.56. The Morgan fingerprint density at radius 3 is 2.58 bits per heavy atom. The van der Waals surface area contributed by atoms with Crippen LogP contribution in [0.25, 0.3) is 0 Å². The fourth-order valence-electron chi connectivity index (χ4n) is 2.73. The largest absolute Gasteiger partial charge is 0.490 e. The van der Waals surface area contributed by atoms with E-state index in [-0.39, 0.29) is 12.4 Å². The Morgan fingerprint density at radius 1 is 1.00 bits per heavy atom. The molecule has 170 valence electrons. The van der Waals surface area contributed by atoms with Crippen molar-refractivity contribution in [3.05, 3.63) is 88.7 Å². The molecule has 3 aromatic rings. The molecule has 2 N–H and O–H groups in total. The first-order valence-electron chi connectivity index (χ1n) is 9.99. The number of nitrogens with one attached hydrogen (secondary N) is 2. The minimum absolute atomic E-state index is 0.0397. The Balaban J connectivity index is 1.60. The van der Waals surface area contributed by atoms with Crippen LogP contribution in [0.2, 0.25) is 5.02 Å². The molecule has 0 bridgehead atoms. The van der Waals surface area contributed by atoms with Crippen LogP contribution >= 0.6 is 11.6 Å². The maximum Gasteiger partial charge on any atom is 0.329 e. The summed E-state index contributed by atoms with van der Waals surface area (Å²) >= 11 is 5.85. The van der Waals surface area contributed by atoms with E-state index in [4.69, 9.17) is 21.1 Å². The fraction of sp³-hybridized carbons (Fsp3) is 0.125. The molecular formula is C24H21ClFN3O4. The molecule has 3 aromatic carbocycles. The van der Waals surface area contributed by atoms with Gasteiger partial charge in [-0.05, 0) is 55.0 Å². The molecule has 0 atom stereocenters. The lowest BCUT2D eigenvalue weighted by Crippen LogP contribution is -2.32. The number of benzene rings is 3. The van der Waals surface area contributed by atoms with Gasteiger partial charge in [-0.1, -0.05) is 35.9 Å². The summed E-state index contributed by atoms with van der Waals surface area (Å²) in [6, 6.07) is 17.7. The molecule has 0 aliphatic rings. The van der Waals surface area contributed by atoms with Gasteiger partial charge in [0.05, 0.1) is 12.8 Å². The summed E-state index contributed by atoms with van der Waals surface area (Å²) < 4.78 is 25.1. The molecule has 0 saturated heterocycles. The van der Waals surface area contributed by atoms with Crippen molar-refractivity contribution in [2.24, 2.45) is 5.10 Å². The van der Waals surface area contributed by atoms with Crippen molar-refractivity contribution < 1.29 is 23.5 Å². The minimum Gasteiger partial charge on any atom is -0.490 e. The van der Waals surface area contributed by atoms with E-state index in [1.54, 1.807) is 54.6 Å². The maximum atomic E-state index is 13.8. The van der Waals surface area contributed by atoms with Gasteiger partial charge in [-0.15, -0.1) is 0 Å². The monoisotopic (exact) mass is 469 g/mol. The molecule has 0 spiro atoms. The molecule has 0 heterocycles. The van der Waals surface area contributed by atoms with Crippen LogP contribution in [0, 0.1) is 5.82 Å². The summed E-state index contributed by atoms with van der Waals surface area (Å²) in [5.74, 6) is -1.32. The fourth-order valence-corrected chi connectivity index (χ4v) is 2.92. The molecule has 3 rings (SSSR count). The highest BCUT2D eigenvalue weighted by Crippen LogP contribution is 2.29. The summed E-state index contributed by atoms with van der Waals surface area (Å²) in [5, 5.41) is 6.65. The molecule has 7 nitrogen and oxygen atoms in total. The molecule has 33 heavy (non-hydrogen) atoms. The molecule has 9 heteroatoms. The minimum atomic E-state index is -0.943. The Bertz CT molecular complexity index is 1170. The molecule has 0 unspecified atom stereocenters. The molecule has 2 amide bonds. The van der Waals surface area contributed by atoms with Crippen LogP contribution in [0.5, 0.6) is 11.5 Å². The number of carbonyl (C=O) groups excluding carboxylic acids is 2. The number of anilines is 1. The van der Waals surface area contributed by atoms with E-state index in [9.17, 15) is 14.0 Å². The second-order valence-corrected chi connectivity index (χ2v) is 7.12. The van der Waals surface area contributed by atoms with Crippen molar-refractivity contribution in [2.45, 2.75) is 13.5 Å². The van der Waals surface area contributed by atoms with Gasteiger partial charge in [-0.25, -0.2) is 9.82 Å². The van der Waals surface area contributed by atoms with E-state index in [2.05, 4.69) is 15.8 Å². The first kappa shape index (κ1) is 23.7. The molecule has 0 saturated carbocycles. The van der Waals surface area contributed by atoms with Gasteiger partial charge in [0.25, 0.3) is 0 Å². The van der Waals surface area contributed by atoms with E-state index >= 15 is 0 Å². The van der Waals surface area contributed by atoms with Crippen LogP contribution in [0.15, 0.2) is 71.8 Å². The Morgan fingerprint density at radius 2 is 1.82 bits per heavy atom. The Labute approximate surface area is 195 Å². The summed E-state index contributed by atoms with van der Waals surface area (Å²) in [6.45, 7) is 2.25. The highest BCUT2D eigenvalue weighted by atomic mass is 35.5. The van der Waals surface area contributed by atoms with Crippen molar-refractivity contribution in [3.63, 3.8) is 0 Å². The van der Waals surface area contributed by atoms with Gasteiger partial charge < -0.3 is 14.8 Å². The number of hydrazone groups is 1. The lowest BCUT2D eigenvalue weighted by molar-refractivity contribution is -0.136. The average Bonchev–Trinajstić information content (AvgIpc) is 2.79. The molecule has 0 radical (unpaired) electrons. The number of rotatable bonds is 8.